The maximum absolute atomic E-state index is 11.7. The van der Waals surface area contributed by atoms with Crippen LogP contribution in [0.4, 0.5) is 0 Å². The van der Waals surface area contributed by atoms with Crippen LogP contribution in [0.25, 0.3) is 0 Å². The number of allylic oxidation sites excluding steroid dienone is 1. The molecule has 0 aromatic carbocycles. The van der Waals surface area contributed by atoms with Crippen LogP contribution in [0.3, 0.4) is 0 Å². The van der Waals surface area contributed by atoms with Crippen LogP contribution >= 0.6 is 0 Å². The zero-order valence-corrected chi connectivity index (χ0v) is 11.2. The molecule has 0 spiro atoms. The van der Waals surface area contributed by atoms with Crippen molar-refractivity contribution in [3.8, 4) is 0 Å². The largest absolute Gasteiger partial charge is 0.465 e. The number of rotatable bonds is 3. The van der Waals surface area contributed by atoms with E-state index < -0.39 is 18.0 Å². The third-order valence-corrected chi connectivity index (χ3v) is 2.43. The molecule has 0 amide bonds. The van der Waals surface area contributed by atoms with Gasteiger partial charge < -0.3 is 19.3 Å². The zero-order valence-electron chi connectivity index (χ0n) is 11.2. The number of methoxy groups -OCH3 is 2. The first kappa shape index (κ1) is 15.0. The molecule has 6 heteroatoms. The Hall–Kier alpha value is -2.08. The maximum atomic E-state index is 11.7. The Bertz CT molecular complexity index is 481. The molecule has 104 valence electrons. The average molecular weight is 269 g/mol. The van der Waals surface area contributed by atoms with Gasteiger partial charge in [0.25, 0.3) is 0 Å². The highest BCUT2D eigenvalue weighted by Gasteiger charge is 2.24. The lowest BCUT2D eigenvalue weighted by molar-refractivity contribution is -0.138. The third-order valence-electron chi connectivity index (χ3n) is 2.43. The molecular formula is C13H16O6. The van der Waals surface area contributed by atoms with Gasteiger partial charge in [0.2, 0.25) is 0 Å². The van der Waals surface area contributed by atoms with Gasteiger partial charge in [-0.1, -0.05) is 0 Å². The Labute approximate surface area is 111 Å². The summed E-state index contributed by atoms with van der Waals surface area (Å²) >= 11 is 0. The molecule has 1 N–H and O–H groups in total. The predicted molar refractivity (Wildman–Crippen MR) is 65.7 cm³/mol. The molecule has 0 bridgehead atoms. The van der Waals surface area contributed by atoms with Gasteiger partial charge in [-0.3, -0.25) is 0 Å². The second kappa shape index (κ2) is 6.19. The molecule has 1 unspecified atom stereocenters. The summed E-state index contributed by atoms with van der Waals surface area (Å²) in [6.45, 7) is 3.08. The van der Waals surface area contributed by atoms with Crippen molar-refractivity contribution in [3.63, 3.8) is 0 Å². The zero-order chi connectivity index (χ0) is 14.6. The molecule has 1 heterocycles. The lowest BCUT2D eigenvalue weighted by Crippen LogP contribution is -2.13. The molecule has 1 rings (SSSR count). The van der Waals surface area contributed by atoms with Crippen molar-refractivity contribution in [1.82, 2.24) is 0 Å². The van der Waals surface area contributed by atoms with Crippen LogP contribution in [-0.4, -0.2) is 37.4 Å². The van der Waals surface area contributed by atoms with Crippen molar-refractivity contribution < 1.29 is 28.9 Å². The summed E-state index contributed by atoms with van der Waals surface area (Å²) in [7, 11) is 2.40. The first-order chi connectivity index (χ1) is 8.90. The van der Waals surface area contributed by atoms with Gasteiger partial charge >= 0.3 is 11.9 Å². The predicted octanol–water partition coefficient (Wildman–Crippen LogP) is 0.828. The van der Waals surface area contributed by atoms with Crippen LogP contribution in [0.5, 0.6) is 0 Å². The van der Waals surface area contributed by atoms with Crippen LogP contribution in [0, 0.1) is 0 Å². The Kier molecular flexibility index (Phi) is 4.88. The van der Waals surface area contributed by atoms with Crippen molar-refractivity contribution in [1.29, 1.82) is 0 Å². The molecule has 0 radical (unpaired) electrons. The second-order valence-corrected chi connectivity index (χ2v) is 3.89. The Morgan fingerprint density at radius 2 is 1.63 bits per heavy atom. The minimum absolute atomic E-state index is 0.0162. The molecular weight excluding hydrogens is 253 g/mol. The summed E-state index contributed by atoms with van der Waals surface area (Å²) < 4.78 is 14.6. The van der Waals surface area contributed by atoms with E-state index in [2.05, 4.69) is 9.47 Å². The summed E-state index contributed by atoms with van der Waals surface area (Å²) in [6, 6.07) is 0. The first-order valence-corrected chi connectivity index (χ1v) is 5.57. The number of esters is 2. The van der Waals surface area contributed by atoms with E-state index in [1.165, 1.54) is 33.3 Å². The smallest absolute Gasteiger partial charge is 0.338 e. The molecule has 0 fully saturated rings. The fraction of sp³-hybridized carbons (Fsp3) is 0.385. The Balaban J connectivity index is 3.46. The van der Waals surface area contributed by atoms with Gasteiger partial charge in [0.1, 0.15) is 17.6 Å². The molecule has 1 aliphatic heterocycles. The van der Waals surface area contributed by atoms with E-state index in [1.54, 1.807) is 6.92 Å². The fourth-order valence-corrected chi connectivity index (χ4v) is 1.51. The number of aliphatic hydroxyl groups excluding tert-OH is 1. The topological polar surface area (TPSA) is 82.1 Å². The summed E-state index contributed by atoms with van der Waals surface area (Å²) in [6.07, 6.45) is 1.71. The number of aliphatic hydroxyl groups is 1. The van der Waals surface area contributed by atoms with Gasteiger partial charge in [-0.25, -0.2) is 9.59 Å². The average Bonchev–Trinajstić information content (AvgIpc) is 2.56. The molecule has 1 atom stereocenters. The van der Waals surface area contributed by atoms with Crippen LogP contribution in [0.15, 0.2) is 34.8 Å². The third kappa shape index (κ3) is 3.45. The van der Waals surface area contributed by atoms with Crippen molar-refractivity contribution in [3.05, 3.63) is 34.8 Å². The molecule has 19 heavy (non-hydrogen) atoms. The molecule has 0 aliphatic carbocycles. The van der Waals surface area contributed by atoms with E-state index in [-0.39, 0.29) is 16.9 Å². The lowest BCUT2D eigenvalue weighted by atomic mass is 10.1. The van der Waals surface area contributed by atoms with Crippen LogP contribution in [0.1, 0.15) is 13.8 Å². The van der Waals surface area contributed by atoms with Gasteiger partial charge in [0.15, 0.2) is 0 Å². The van der Waals surface area contributed by atoms with E-state index in [4.69, 9.17) is 4.74 Å². The van der Waals surface area contributed by atoms with Gasteiger partial charge in [-0.05, 0) is 26.0 Å². The highest BCUT2D eigenvalue weighted by molar-refractivity contribution is 6.04. The normalized spacial score (nSPS) is 16.7. The summed E-state index contributed by atoms with van der Waals surface area (Å²) in [5, 5.41) is 9.56. The van der Waals surface area contributed by atoms with Crippen molar-refractivity contribution in [2.24, 2.45) is 0 Å². The quantitative estimate of drug-likeness (QED) is 0.603. The number of carbonyl (C=O) groups is 2. The van der Waals surface area contributed by atoms with Crippen LogP contribution < -0.4 is 0 Å². The number of hydrogen-bond donors (Lipinski definition) is 1. The highest BCUT2D eigenvalue weighted by atomic mass is 16.5. The fourth-order valence-electron chi connectivity index (χ4n) is 1.51. The maximum Gasteiger partial charge on any atom is 0.338 e. The van der Waals surface area contributed by atoms with Gasteiger partial charge in [-0.15, -0.1) is 0 Å². The second-order valence-electron chi connectivity index (χ2n) is 3.89. The van der Waals surface area contributed by atoms with Gasteiger partial charge in [-0.2, -0.15) is 0 Å². The molecule has 0 aromatic rings. The monoisotopic (exact) mass is 269 g/mol. The van der Waals surface area contributed by atoms with E-state index in [1.807, 2.05) is 0 Å². The van der Waals surface area contributed by atoms with E-state index in [0.29, 0.717) is 5.76 Å². The standard InChI is InChI=1S/C13H16O6/c1-7-5-9(12(15)17-3)10(13(16)18-4)6-11(19-7)8(2)14/h5-6,8,14H,1-4H3/i2+1. The molecule has 0 saturated heterocycles. The van der Waals surface area contributed by atoms with E-state index in [0.717, 1.165) is 0 Å². The van der Waals surface area contributed by atoms with E-state index in [9.17, 15) is 14.7 Å². The Morgan fingerprint density at radius 3 is 2.05 bits per heavy atom. The minimum Gasteiger partial charge on any atom is -0.465 e. The number of ether oxygens (including phenoxy) is 3. The molecule has 1 aliphatic rings. The van der Waals surface area contributed by atoms with Gasteiger partial charge in [0.05, 0.1) is 25.4 Å². The van der Waals surface area contributed by atoms with E-state index >= 15 is 0 Å². The number of hydrogen-bond acceptors (Lipinski definition) is 6. The van der Waals surface area contributed by atoms with Crippen molar-refractivity contribution in [2.75, 3.05) is 14.2 Å². The summed E-state index contributed by atoms with van der Waals surface area (Å²) in [5.74, 6) is -0.904. The molecule has 0 saturated carbocycles. The summed E-state index contributed by atoms with van der Waals surface area (Å²) in [4.78, 5) is 23.4. The van der Waals surface area contributed by atoms with Crippen molar-refractivity contribution in [2.45, 2.75) is 20.0 Å². The van der Waals surface area contributed by atoms with Gasteiger partial charge in [0, 0.05) is 0 Å². The minimum atomic E-state index is -0.931. The van der Waals surface area contributed by atoms with Crippen LogP contribution in [0.2, 0.25) is 0 Å². The molecule has 0 aromatic heterocycles. The highest BCUT2D eigenvalue weighted by Crippen LogP contribution is 2.23. The SMILES string of the molecule is COC(=O)C1=C(C(=O)OC)C=C(C([13CH3])O)OC(C)=C1. The molecule has 6 nitrogen and oxygen atoms in total. The number of carbonyl (C=O) groups excluding carboxylic acids is 2. The van der Waals surface area contributed by atoms with Crippen LogP contribution in [-0.2, 0) is 23.8 Å². The Morgan fingerprint density at radius 1 is 1.16 bits per heavy atom. The summed E-state index contributed by atoms with van der Waals surface area (Å²) in [5.41, 5.74) is -0.00963. The first-order valence-electron chi connectivity index (χ1n) is 5.57. The lowest BCUT2D eigenvalue weighted by Gasteiger charge is -2.11. The van der Waals surface area contributed by atoms with Crippen molar-refractivity contribution >= 4 is 11.9 Å².